The molecule has 2 aromatic carbocycles. The molecule has 0 fully saturated rings. The van der Waals surface area contributed by atoms with E-state index in [1.54, 1.807) is 31.2 Å². The van der Waals surface area contributed by atoms with E-state index in [0.29, 0.717) is 22.5 Å². The fourth-order valence-corrected chi connectivity index (χ4v) is 2.63. The van der Waals surface area contributed by atoms with E-state index in [4.69, 9.17) is 9.47 Å². The Labute approximate surface area is 150 Å². The maximum atomic E-state index is 12.3. The van der Waals surface area contributed by atoms with Crippen LogP contribution in [0.25, 0.3) is 10.9 Å². The Kier molecular flexibility index (Phi) is 5.12. The van der Waals surface area contributed by atoms with Crippen molar-refractivity contribution in [1.29, 1.82) is 0 Å². The van der Waals surface area contributed by atoms with Gasteiger partial charge in [-0.15, -0.1) is 0 Å². The fraction of sp³-hybridized carbons (Fsp3) is 0.150. The molecular weight excluding hydrogens is 332 g/mol. The monoisotopic (exact) mass is 350 g/mol. The second-order valence-electron chi connectivity index (χ2n) is 5.48. The number of carbonyl (C=O) groups excluding carboxylic acids is 2. The van der Waals surface area contributed by atoms with Gasteiger partial charge in [-0.2, -0.15) is 0 Å². The smallest absolute Gasteiger partial charge is 0.341 e. The summed E-state index contributed by atoms with van der Waals surface area (Å²) in [7, 11) is 1.33. The van der Waals surface area contributed by atoms with E-state index in [0.717, 1.165) is 10.9 Å². The molecule has 1 N–H and O–H groups in total. The quantitative estimate of drug-likeness (QED) is 0.702. The summed E-state index contributed by atoms with van der Waals surface area (Å²) in [4.78, 5) is 28.4. The summed E-state index contributed by atoms with van der Waals surface area (Å²) < 4.78 is 9.90. The third-order valence-corrected chi connectivity index (χ3v) is 3.82. The number of rotatable bonds is 5. The van der Waals surface area contributed by atoms with Gasteiger partial charge in [0.2, 0.25) is 0 Å². The summed E-state index contributed by atoms with van der Waals surface area (Å²) in [6.07, 6.45) is 1.49. The molecule has 6 heteroatoms. The first kappa shape index (κ1) is 17.4. The highest BCUT2D eigenvalue weighted by Gasteiger charge is 2.17. The van der Waals surface area contributed by atoms with Gasteiger partial charge in [0.25, 0.3) is 0 Å². The Bertz CT molecular complexity index is 969. The number of nitrogens with one attached hydrogen (secondary N) is 1. The molecule has 0 bridgehead atoms. The molecule has 1 aromatic heterocycles. The summed E-state index contributed by atoms with van der Waals surface area (Å²) in [6, 6.07) is 14.3. The van der Waals surface area contributed by atoms with Crippen LogP contribution in [0.1, 0.15) is 27.6 Å². The van der Waals surface area contributed by atoms with Gasteiger partial charge in [-0.3, -0.25) is 4.98 Å². The maximum Gasteiger partial charge on any atom is 0.341 e. The number of pyridine rings is 1. The van der Waals surface area contributed by atoms with Crippen LogP contribution in [0.2, 0.25) is 0 Å². The van der Waals surface area contributed by atoms with E-state index in [1.165, 1.54) is 13.3 Å². The van der Waals surface area contributed by atoms with Gasteiger partial charge in [0.1, 0.15) is 5.56 Å². The largest absolute Gasteiger partial charge is 0.465 e. The van der Waals surface area contributed by atoms with Crippen molar-refractivity contribution in [3.8, 4) is 0 Å². The fourth-order valence-electron chi connectivity index (χ4n) is 2.63. The van der Waals surface area contributed by atoms with Crippen LogP contribution in [0.4, 0.5) is 11.4 Å². The lowest BCUT2D eigenvalue weighted by Gasteiger charge is -2.14. The highest BCUT2D eigenvalue weighted by atomic mass is 16.5. The van der Waals surface area contributed by atoms with E-state index >= 15 is 0 Å². The van der Waals surface area contributed by atoms with Gasteiger partial charge >= 0.3 is 11.9 Å². The summed E-state index contributed by atoms with van der Waals surface area (Å²) in [5.41, 5.74) is 2.71. The van der Waals surface area contributed by atoms with Gasteiger partial charge in [-0.1, -0.05) is 24.3 Å². The number of fused-ring (bicyclic) bond motifs is 1. The van der Waals surface area contributed by atoms with Gasteiger partial charge in [0.05, 0.1) is 30.5 Å². The van der Waals surface area contributed by atoms with Crippen molar-refractivity contribution in [3.05, 3.63) is 65.9 Å². The van der Waals surface area contributed by atoms with Gasteiger partial charge in [-0.05, 0) is 31.2 Å². The maximum absolute atomic E-state index is 12.3. The number of methoxy groups -OCH3 is 1. The van der Waals surface area contributed by atoms with Gasteiger partial charge in [-0.25, -0.2) is 9.59 Å². The molecule has 0 saturated carbocycles. The Morgan fingerprint density at radius 1 is 1.08 bits per heavy atom. The number of anilines is 2. The number of ether oxygens (including phenoxy) is 2. The zero-order chi connectivity index (χ0) is 18.5. The zero-order valence-electron chi connectivity index (χ0n) is 14.5. The predicted molar refractivity (Wildman–Crippen MR) is 98.8 cm³/mol. The van der Waals surface area contributed by atoms with Crippen LogP contribution in [0.5, 0.6) is 0 Å². The highest BCUT2D eigenvalue weighted by Crippen LogP contribution is 2.30. The van der Waals surface area contributed by atoms with Crippen LogP contribution >= 0.6 is 0 Å². The van der Waals surface area contributed by atoms with Crippen LogP contribution in [0.15, 0.2) is 54.7 Å². The number of hydrogen-bond acceptors (Lipinski definition) is 6. The van der Waals surface area contributed by atoms with Crippen LogP contribution in [-0.2, 0) is 9.47 Å². The van der Waals surface area contributed by atoms with Gasteiger partial charge in [0, 0.05) is 17.3 Å². The van der Waals surface area contributed by atoms with Crippen LogP contribution in [0, 0.1) is 0 Å². The average Bonchev–Trinajstić information content (AvgIpc) is 2.68. The summed E-state index contributed by atoms with van der Waals surface area (Å²) in [5, 5.41) is 4.00. The highest BCUT2D eigenvalue weighted by molar-refractivity contribution is 6.06. The SMILES string of the molecule is CCOC(=O)c1cnc2ccccc2c1Nc1cccc(C(=O)OC)c1. The minimum atomic E-state index is -0.461. The van der Waals surface area contributed by atoms with Gasteiger partial charge in [0.15, 0.2) is 0 Å². The Hall–Kier alpha value is -3.41. The molecule has 0 saturated heterocycles. The Morgan fingerprint density at radius 3 is 2.65 bits per heavy atom. The Balaban J connectivity index is 2.09. The average molecular weight is 350 g/mol. The standard InChI is InChI=1S/C20H18N2O4/c1-3-26-20(24)16-12-21-17-10-5-4-9-15(17)18(16)22-14-8-6-7-13(11-14)19(23)25-2/h4-12H,3H2,1-2H3,(H,21,22). The van der Waals surface area contributed by atoms with Crippen molar-refractivity contribution in [2.75, 3.05) is 19.0 Å². The van der Waals surface area contributed by atoms with Crippen molar-refractivity contribution in [2.24, 2.45) is 0 Å². The summed E-state index contributed by atoms with van der Waals surface area (Å²) in [6.45, 7) is 2.02. The van der Waals surface area contributed by atoms with Crippen molar-refractivity contribution in [2.45, 2.75) is 6.92 Å². The number of nitrogens with zero attached hydrogens (tertiary/aromatic N) is 1. The molecule has 132 valence electrons. The lowest BCUT2D eigenvalue weighted by molar-refractivity contribution is 0.0526. The molecule has 0 radical (unpaired) electrons. The molecule has 0 aliphatic rings. The van der Waals surface area contributed by atoms with Crippen LogP contribution in [-0.4, -0.2) is 30.6 Å². The first-order chi connectivity index (χ1) is 12.6. The number of para-hydroxylation sites is 1. The molecule has 0 aliphatic heterocycles. The second kappa shape index (κ2) is 7.65. The van der Waals surface area contributed by atoms with Crippen molar-refractivity contribution in [3.63, 3.8) is 0 Å². The molecule has 0 unspecified atom stereocenters. The minimum absolute atomic E-state index is 0.267. The molecule has 0 aliphatic carbocycles. The minimum Gasteiger partial charge on any atom is -0.465 e. The molecular formula is C20H18N2O4. The third kappa shape index (κ3) is 3.49. The molecule has 0 spiro atoms. The number of carbonyl (C=O) groups is 2. The van der Waals surface area contributed by atoms with Crippen molar-refractivity contribution < 1.29 is 19.1 Å². The van der Waals surface area contributed by atoms with E-state index < -0.39 is 11.9 Å². The van der Waals surface area contributed by atoms with Crippen LogP contribution in [0.3, 0.4) is 0 Å². The lowest BCUT2D eigenvalue weighted by atomic mass is 10.1. The molecule has 6 nitrogen and oxygen atoms in total. The number of hydrogen-bond donors (Lipinski definition) is 1. The van der Waals surface area contributed by atoms with E-state index in [9.17, 15) is 9.59 Å². The molecule has 26 heavy (non-hydrogen) atoms. The first-order valence-electron chi connectivity index (χ1n) is 8.14. The Morgan fingerprint density at radius 2 is 1.88 bits per heavy atom. The van der Waals surface area contributed by atoms with E-state index in [1.807, 2.05) is 24.3 Å². The molecule has 3 aromatic rings. The first-order valence-corrected chi connectivity index (χ1v) is 8.14. The van der Waals surface area contributed by atoms with Gasteiger partial charge < -0.3 is 14.8 Å². The molecule has 0 amide bonds. The number of aromatic nitrogens is 1. The van der Waals surface area contributed by atoms with Crippen LogP contribution < -0.4 is 5.32 Å². The molecule has 0 atom stereocenters. The van der Waals surface area contributed by atoms with Crippen molar-refractivity contribution >= 4 is 34.2 Å². The van der Waals surface area contributed by atoms with E-state index in [-0.39, 0.29) is 6.61 Å². The third-order valence-electron chi connectivity index (χ3n) is 3.82. The topological polar surface area (TPSA) is 77.5 Å². The van der Waals surface area contributed by atoms with Crippen molar-refractivity contribution in [1.82, 2.24) is 4.98 Å². The molecule has 1 heterocycles. The van der Waals surface area contributed by atoms with E-state index in [2.05, 4.69) is 10.3 Å². The second-order valence-corrected chi connectivity index (χ2v) is 5.48. The summed E-state index contributed by atoms with van der Waals surface area (Å²) >= 11 is 0. The number of esters is 2. The predicted octanol–water partition coefficient (Wildman–Crippen LogP) is 3.94. The lowest BCUT2D eigenvalue weighted by Crippen LogP contribution is -2.09. The normalized spacial score (nSPS) is 10.4. The number of benzene rings is 2. The zero-order valence-corrected chi connectivity index (χ0v) is 14.5. The summed E-state index contributed by atoms with van der Waals surface area (Å²) in [5.74, 6) is -0.892. The molecule has 3 rings (SSSR count).